The highest BCUT2D eigenvalue weighted by Crippen LogP contribution is 2.25. The van der Waals surface area contributed by atoms with E-state index in [1.807, 2.05) is 19.1 Å². The van der Waals surface area contributed by atoms with Gasteiger partial charge in [0.05, 0.1) is 11.6 Å². The smallest absolute Gasteiger partial charge is 0.222 e. The molecule has 28 heavy (non-hydrogen) atoms. The summed E-state index contributed by atoms with van der Waals surface area (Å²) in [7, 11) is 0. The lowest BCUT2D eigenvalue weighted by molar-refractivity contribution is -0.121. The SMILES string of the molecule is CCNC(=NCCC(=O)NC1CCCC1)NC1CCN(c2ncccc2Cl)C1. The van der Waals surface area contributed by atoms with Crippen molar-refractivity contribution in [3.05, 3.63) is 23.4 Å². The summed E-state index contributed by atoms with van der Waals surface area (Å²) < 4.78 is 0. The number of nitrogens with zero attached hydrogens (tertiary/aromatic N) is 3. The molecule has 3 N–H and O–H groups in total. The Kier molecular flexibility index (Phi) is 7.77. The minimum atomic E-state index is 0.100. The number of guanidine groups is 1. The molecule has 2 heterocycles. The Balaban J connectivity index is 1.46. The van der Waals surface area contributed by atoms with Crippen molar-refractivity contribution < 1.29 is 4.79 Å². The molecule has 1 saturated heterocycles. The molecule has 8 heteroatoms. The van der Waals surface area contributed by atoms with E-state index in [0.29, 0.717) is 24.0 Å². The Morgan fingerprint density at radius 2 is 2.11 bits per heavy atom. The zero-order valence-corrected chi connectivity index (χ0v) is 17.3. The van der Waals surface area contributed by atoms with E-state index < -0.39 is 0 Å². The van der Waals surface area contributed by atoms with Crippen molar-refractivity contribution in [3.63, 3.8) is 0 Å². The summed E-state index contributed by atoms with van der Waals surface area (Å²) in [5, 5.41) is 10.5. The van der Waals surface area contributed by atoms with Crippen LogP contribution in [0.5, 0.6) is 0 Å². The molecule has 0 radical (unpaired) electrons. The number of anilines is 1. The molecule has 3 rings (SSSR count). The zero-order valence-electron chi connectivity index (χ0n) is 16.6. The molecule has 7 nitrogen and oxygen atoms in total. The molecular weight excluding hydrogens is 376 g/mol. The number of halogens is 1. The maximum absolute atomic E-state index is 12.1. The zero-order chi connectivity index (χ0) is 19.8. The van der Waals surface area contributed by atoms with Crippen molar-refractivity contribution in [2.45, 2.75) is 57.5 Å². The van der Waals surface area contributed by atoms with Crippen LogP contribution >= 0.6 is 11.6 Å². The van der Waals surface area contributed by atoms with Crippen LogP contribution in [0.25, 0.3) is 0 Å². The number of amides is 1. The van der Waals surface area contributed by atoms with Gasteiger partial charge in [0.25, 0.3) is 0 Å². The van der Waals surface area contributed by atoms with Gasteiger partial charge in [-0.1, -0.05) is 24.4 Å². The second-order valence-corrected chi connectivity index (χ2v) is 7.85. The predicted molar refractivity (Wildman–Crippen MR) is 114 cm³/mol. The van der Waals surface area contributed by atoms with E-state index in [1.54, 1.807) is 6.20 Å². The third kappa shape index (κ3) is 5.99. The summed E-state index contributed by atoms with van der Waals surface area (Å²) in [5.74, 6) is 1.69. The van der Waals surface area contributed by atoms with Crippen molar-refractivity contribution in [1.29, 1.82) is 0 Å². The first-order valence-electron chi connectivity index (χ1n) is 10.4. The van der Waals surface area contributed by atoms with Crippen LogP contribution in [-0.4, -0.2) is 55.1 Å². The summed E-state index contributed by atoms with van der Waals surface area (Å²) in [5.41, 5.74) is 0. The van der Waals surface area contributed by atoms with Crippen LogP contribution in [0.3, 0.4) is 0 Å². The van der Waals surface area contributed by atoms with E-state index >= 15 is 0 Å². The van der Waals surface area contributed by atoms with Gasteiger partial charge >= 0.3 is 0 Å². The molecule has 154 valence electrons. The Bertz CT molecular complexity index is 676. The third-order valence-corrected chi connectivity index (χ3v) is 5.54. The Morgan fingerprint density at radius 1 is 1.29 bits per heavy atom. The maximum atomic E-state index is 12.1. The number of hydrogen-bond donors (Lipinski definition) is 3. The highest BCUT2D eigenvalue weighted by molar-refractivity contribution is 6.32. The minimum absolute atomic E-state index is 0.100. The number of rotatable bonds is 7. The van der Waals surface area contributed by atoms with Crippen molar-refractivity contribution in [2.24, 2.45) is 4.99 Å². The first-order valence-corrected chi connectivity index (χ1v) is 10.7. The molecule has 1 aliphatic heterocycles. The molecular formula is C20H31ClN6O. The fourth-order valence-corrected chi connectivity index (χ4v) is 4.07. The lowest BCUT2D eigenvalue weighted by Crippen LogP contribution is -2.45. The average Bonchev–Trinajstić information content (AvgIpc) is 3.34. The van der Waals surface area contributed by atoms with Crippen molar-refractivity contribution in [3.8, 4) is 0 Å². The quantitative estimate of drug-likeness (QED) is 0.478. The first kappa shape index (κ1) is 20.7. The van der Waals surface area contributed by atoms with Crippen LogP contribution in [0.1, 0.15) is 45.4 Å². The summed E-state index contributed by atoms with van der Waals surface area (Å²) in [6, 6.07) is 4.34. The van der Waals surface area contributed by atoms with Crippen molar-refractivity contribution >= 4 is 29.3 Å². The normalized spacial score (nSPS) is 20.4. The van der Waals surface area contributed by atoms with Gasteiger partial charge < -0.3 is 20.9 Å². The third-order valence-electron chi connectivity index (χ3n) is 5.24. The molecule has 2 fully saturated rings. The number of carbonyl (C=O) groups excluding carboxylic acids is 1. The average molecular weight is 407 g/mol. The van der Waals surface area contributed by atoms with Crippen LogP contribution in [0.2, 0.25) is 5.02 Å². The van der Waals surface area contributed by atoms with E-state index in [4.69, 9.17) is 11.6 Å². The summed E-state index contributed by atoms with van der Waals surface area (Å²) in [6.07, 6.45) is 7.84. The van der Waals surface area contributed by atoms with E-state index in [-0.39, 0.29) is 11.9 Å². The van der Waals surface area contributed by atoms with E-state index in [9.17, 15) is 4.79 Å². The van der Waals surface area contributed by atoms with E-state index in [2.05, 4.69) is 30.8 Å². The van der Waals surface area contributed by atoms with Gasteiger partial charge in [0, 0.05) is 44.3 Å². The number of pyridine rings is 1. The molecule has 1 unspecified atom stereocenters. The summed E-state index contributed by atoms with van der Waals surface area (Å²) in [4.78, 5) is 23.2. The fourth-order valence-electron chi connectivity index (χ4n) is 3.83. The topological polar surface area (TPSA) is 81.6 Å². The number of aliphatic imine (C=N–C) groups is 1. The highest BCUT2D eigenvalue weighted by Gasteiger charge is 2.25. The molecule has 1 amide bonds. The van der Waals surface area contributed by atoms with Crippen LogP contribution in [0.15, 0.2) is 23.3 Å². The molecule has 1 aliphatic carbocycles. The Hall–Kier alpha value is -2.02. The van der Waals surface area contributed by atoms with Crippen molar-refractivity contribution in [2.75, 3.05) is 31.1 Å². The largest absolute Gasteiger partial charge is 0.357 e. The van der Waals surface area contributed by atoms with Gasteiger partial charge in [-0.2, -0.15) is 0 Å². The van der Waals surface area contributed by atoms with Gasteiger partial charge in [0.15, 0.2) is 5.96 Å². The van der Waals surface area contributed by atoms with Crippen molar-refractivity contribution in [1.82, 2.24) is 20.9 Å². The second kappa shape index (κ2) is 10.5. The molecule has 0 aromatic carbocycles. The van der Waals surface area contributed by atoms with Crippen LogP contribution in [-0.2, 0) is 4.79 Å². The maximum Gasteiger partial charge on any atom is 0.222 e. The minimum Gasteiger partial charge on any atom is -0.357 e. The Labute approximate surface area is 172 Å². The molecule has 1 aromatic heterocycles. The van der Waals surface area contributed by atoms with Crippen LogP contribution in [0, 0.1) is 0 Å². The van der Waals surface area contributed by atoms with Gasteiger partial charge in [0.2, 0.25) is 5.91 Å². The molecule has 1 atom stereocenters. The number of aromatic nitrogens is 1. The Morgan fingerprint density at radius 3 is 2.86 bits per heavy atom. The molecule has 2 aliphatic rings. The molecule has 0 bridgehead atoms. The number of nitrogens with one attached hydrogen (secondary N) is 3. The van der Waals surface area contributed by atoms with E-state index in [1.165, 1.54) is 12.8 Å². The standard InChI is InChI=1S/C20H31ClN6O/c1-2-22-20(24-12-9-18(28)25-15-6-3-4-7-15)26-16-10-13-27(14-16)19-17(21)8-5-11-23-19/h5,8,11,15-16H,2-4,6-7,9-10,12-14H2,1H3,(H,25,28)(H2,22,24,26). The monoisotopic (exact) mass is 406 g/mol. The summed E-state index contributed by atoms with van der Waals surface area (Å²) in [6.45, 7) is 5.03. The van der Waals surface area contributed by atoms with Gasteiger partial charge in [-0.05, 0) is 38.3 Å². The van der Waals surface area contributed by atoms with E-state index in [0.717, 1.165) is 50.7 Å². The lowest BCUT2D eigenvalue weighted by atomic mass is 10.2. The van der Waals surface area contributed by atoms with Crippen LogP contribution < -0.4 is 20.9 Å². The molecule has 1 aromatic rings. The first-order chi connectivity index (χ1) is 13.7. The predicted octanol–water partition coefficient (Wildman–Crippen LogP) is 2.32. The molecule has 0 spiro atoms. The fraction of sp³-hybridized carbons (Fsp3) is 0.650. The number of carbonyl (C=O) groups is 1. The molecule has 1 saturated carbocycles. The number of hydrogen-bond acceptors (Lipinski definition) is 4. The highest BCUT2D eigenvalue weighted by atomic mass is 35.5. The van der Waals surface area contributed by atoms with Gasteiger partial charge in [-0.25, -0.2) is 4.98 Å². The lowest BCUT2D eigenvalue weighted by Gasteiger charge is -2.20. The van der Waals surface area contributed by atoms with Gasteiger partial charge in [-0.15, -0.1) is 0 Å². The summed E-state index contributed by atoms with van der Waals surface area (Å²) >= 11 is 6.27. The van der Waals surface area contributed by atoms with Gasteiger partial charge in [-0.3, -0.25) is 9.79 Å². The van der Waals surface area contributed by atoms with Gasteiger partial charge in [0.1, 0.15) is 5.82 Å². The van der Waals surface area contributed by atoms with Crippen LogP contribution in [0.4, 0.5) is 5.82 Å². The second-order valence-electron chi connectivity index (χ2n) is 7.44.